The van der Waals surface area contributed by atoms with Gasteiger partial charge in [0.15, 0.2) is 0 Å². The van der Waals surface area contributed by atoms with Crippen LogP contribution in [0, 0.1) is 5.92 Å². The summed E-state index contributed by atoms with van der Waals surface area (Å²) in [5.74, 6) is 1.62. The molecule has 3 rings (SSSR count). The first-order chi connectivity index (χ1) is 14.4. The van der Waals surface area contributed by atoms with Crippen LogP contribution in [-0.2, 0) is 10.0 Å². The van der Waals surface area contributed by atoms with E-state index in [1.165, 1.54) is 51.3 Å². The highest BCUT2D eigenvalue weighted by Crippen LogP contribution is 2.28. The molecule has 2 fully saturated rings. The molecule has 0 unspecified atom stereocenters. The molecule has 168 valence electrons. The van der Waals surface area contributed by atoms with E-state index in [-0.39, 0.29) is 10.8 Å². The van der Waals surface area contributed by atoms with Crippen molar-refractivity contribution < 1.29 is 17.9 Å². The molecule has 1 heterocycles. The van der Waals surface area contributed by atoms with E-state index in [0.29, 0.717) is 42.1 Å². The van der Waals surface area contributed by atoms with Gasteiger partial charge in [0.25, 0.3) is 5.91 Å². The Bertz CT molecular complexity index is 814. The topological polar surface area (TPSA) is 75.7 Å². The zero-order valence-corrected chi connectivity index (χ0v) is 19.7. The van der Waals surface area contributed by atoms with Crippen molar-refractivity contribution in [1.29, 1.82) is 0 Å². The van der Waals surface area contributed by atoms with Crippen molar-refractivity contribution in [2.45, 2.75) is 62.0 Å². The van der Waals surface area contributed by atoms with E-state index in [2.05, 4.69) is 11.6 Å². The van der Waals surface area contributed by atoms with Gasteiger partial charge in [0.1, 0.15) is 5.75 Å². The Balaban J connectivity index is 1.64. The number of hydrogen-bond acceptors (Lipinski definition) is 5. The van der Waals surface area contributed by atoms with Gasteiger partial charge < -0.3 is 9.64 Å². The summed E-state index contributed by atoms with van der Waals surface area (Å²) in [4.78, 5) is 14.9. The number of carbonyl (C=O) groups is 1. The van der Waals surface area contributed by atoms with Gasteiger partial charge in [0, 0.05) is 30.6 Å². The number of nitrogens with one attached hydrogen (secondary N) is 1. The lowest BCUT2D eigenvalue weighted by molar-refractivity contribution is 0.0693. The third-order valence-corrected chi connectivity index (χ3v) is 8.92. The SMILES string of the molecule is COc1ccc(S(=O)(=O)NCCSC2CCCCC2)cc1C(=O)N1CCC(C)CC1. The third kappa shape index (κ3) is 6.14. The summed E-state index contributed by atoms with van der Waals surface area (Å²) >= 11 is 1.86. The van der Waals surface area contributed by atoms with E-state index in [9.17, 15) is 13.2 Å². The molecule has 1 saturated carbocycles. The molecule has 1 N–H and O–H groups in total. The zero-order chi connectivity index (χ0) is 21.6. The summed E-state index contributed by atoms with van der Waals surface area (Å²) < 4.78 is 33.6. The van der Waals surface area contributed by atoms with Crippen molar-refractivity contribution in [2.75, 3.05) is 32.5 Å². The van der Waals surface area contributed by atoms with Crippen molar-refractivity contribution in [1.82, 2.24) is 9.62 Å². The summed E-state index contributed by atoms with van der Waals surface area (Å²) in [7, 11) is -2.17. The summed E-state index contributed by atoms with van der Waals surface area (Å²) in [5, 5.41) is 0.653. The molecule has 0 spiro atoms. The number of likely N-dealkylation sites (tertiary alicyclic amines) is 1. The van der Waals surface area contributed by atoms with Gasteiger partial charge in [-0.25, -0.2) is 13.1 Å². The van der Waals surface area contributed by atoms with Gasteiger partial charge in [0.2, 0.25) is 10.0 Å². The number of benzene rings is 1. The number of sulfonamides is 1. The van der Waals surface area contributed by atoms with Crippen LogP contribution >= 0.6 is 11.8 Å². The molecule has 1 amide bonds. The lowest BCUT2D eigenvalue weighted by Gasteiger charge is -2.30. The van der Waals surface area contributed by atoms with Gasteiger partial charge >= 0.3 is 0 Å². The predicted octanol–water partition coefficient (Wildman–Crippen LogP) is 3.91. The third-order valence-electron chi connectivity index (χ3n) is 6.08. The van der Waals surface area contributed by atoms with Crippen LogP contribution < -0.4 is 9.46 Å². The van der Waals surface area contributed by atoms with E-state index in [1.807, 2.05) is 11.8 Å². The molecule has 8 heteroatoms. The maximum Gasteiger partial charge on any atom is 0.257 e. The molecule has 0 radical (unpaired) electrons. The molecule has 0 bridgehead atoms. The fourth-order valence-electron chi connectivity index (χ4n) is 4.12. The van der Waals surface area contributed by atoms with Crippen LogP contribution in [0.15, 0.2) is 23.1 Å². The molecule has 0 aromatic heterocycles. The quantitative estimate of drug-likeness (QED) is 0.603. The molecule has 6 nitrogen and oxygen atoms in total. The number of amides is 1. The second kappa shape index (κ2) is 10.9. The van der Waals surface area contributed by atoms with Crippen molar-refractivity contribution in [3.63, 3.8) is 0 Å². The van der Waals surface area contributed by atoms with Gasteiger partial charge in [-0.3, -0.25) is 4.79 Å². The second-order valence-electron chi connectivity index (χ2n) is 8.37. The number of ether oxygens (including phenoxy) is 1. The lowest BCUT2D eigenvalue weighted by Crippen LogP contribution is -2.38. The number of methoxy groups -OCH3 is 1. The maximum absolute atomic E-state index is 13.0. The minimum Gasteiger partial charge on any atom is -0.496 e. The van der Waals surface area contributed by atoms with Crippen molar-refractivity contribution in [3.05, 3.63) is 23.8 Å². The van der Waals surface area contributed by atoms with E-state index in [1.54, 1.807) is 11.0 Å². The van der Waals surface area contributed by atoms with Crippen molar-refractivity contribution in [2.24, 2.45) is 5.92 Å². The lowest BCUT2D eigenvalue weighted by atomic mass is 9.98. The zero-order valence-electron chi connectivity index (χ0n) is 18.1. The Morgan fingerprint density at radius 1 is 1.17 bits per heavy atom. The van der Waals surface area contributed by atoms with E-state index >= 15 is 0 Å². The number of nitrogens with zero attached hydrogens (tertiary/aromatic N) is 1. The summed E-state index contributed by atoms with van der Waals surface area (Å²) in [6.45, 7) is 3.96. The molecule has 1 saturated heterocycles. The van der Waals surface area contributed by atoms with E-state index in [0.717, 1.165) is 18.6 Å². The highest BCUT2D eigenvalue weighted by Gasteiger charge is 2.26. The van der Waals surface area contributed by atoms with Gasteiger partial charge in [-0.05, 0) is 49.8 Å². The summed E-state index contributed by atoms with van der Waals surface area (Å²) in [6.07, 6.45) is 8.27. The Morgan fingerprint density at radius 3 is 2.53 bits per heavy atom. The van der Waals surface area contributed by atoms with Crippen LogP contribution in [0.3, 0.4) is 0 Å². The standard InChI is InChI=1S/C22H34N2O4S2/c1-17-10-13-24(14-11-17)22(25)20-16-19(8-9-21(20)28-2)30(26,27)23-12-15-29-18-6-4-3-5-7-18/h8-9,16-18,23H,3-7,10-15H2,1-2H3. The molecular formula is C22H34N2O4S2. The number of rotatable bonds is 8. The second-order valence-corrected chi connectivity index (χ2v) is 11.5. The smallest absolute Gasteiger partial charge is 0.257 e. The minimum atomic E-state index is -3.67. The average molecular weight is 455 g/mol. The molecule has 1 aliphatic carbocycles. The Kier molecular flexibility index (Phi) is 8.48. The summed E-state index contributed by atoms with van der Waals surface area (Å²) in [6, 6.07) is 4.53. The highest BCUT2D eigenvalue weighted by molar-refractivity contribution is 8.00. The molecule has 2 aliphatic rings. The average Bonchev–Trinajstić information content (AvgIpc) is 2.77. The molecule has 1 aromatic carbocycles. The molecule has 1 aliphatic heterocycles. The largest absolute Gasteiger partial charge is 0.496 e. The van der Waals surface area contributed by atoms with Crippen LogP contribution in [0.5, 0.6) is 5.75 Å². The monoisotopic (exact) mass is 454 g/mol. The fraction of sp³-hybridized carbons (Fsp3) is 0.682. The van der Waals surface area contributed by atoms with Crippen LogP contribution in [0.1, 0.15) is 62.2 Å². The van der Waals surface area contributed by atoms with Gasteiger partial charge in [-0.2, -0.15) is 11.8 Å². The number of thioether (sulfide) groups is 1. The van der Waals surface area contributed by atoms with Crippen LogP contribution in [0.2, 0.25) is 0 Å². The molecule has 1 aromatic rings. The minimum absolute atomic E-state index is 0.111. The summed E-state index contributed by atoms with van der Waals surface area (Å²) in [5.41, 5.74) is 0.312. The van der Waals surface area contributed by atoms with Gasteiger partial charge in [0.05, 0.1) is 17.6 Å². The normalized spacial score (nSPS) is 19.1. The number of carbonyl (C=O) groups excluding carboxylic acids is 1. The first-order valence-electron chi connectivity index (χ1n) is 11.0. The predicted molar refractivity (Wildman–Crippen MR) is 122 cm³/mol. The Labute approximate surface area is 185 Å². The van der Waals surface area contributed by atoms with Crippen LogP contribution in [0.4, 0.5) is 0 Å². The van der Waals surface area contributed by atoms with Crippen LogP contribution in [0.25, 0.3) is 0 Å². The number of hydrogen-bond donors (Lipinski definition) is 1. The Hall–Kier alpha value is -1.25. The van der Waals surface area contributed by atoms with Gasteiger partial charge in [-0.15, -0.1) is 0 Å². The first kappa shape index (κ1) is 23.4. The number of piperidine rings is 1. The van der Waals surface area contributed by atoms with Gasteiger partial charge in [-0.1, -0.05) is 26.2 Å². The van der Waals surface area contributed by atoms with Crippen LogP contribution in [-0.4, -0.2) is 57.0 Å². The molecule has 0 atom stereocenters. The highest BCUT2D eigenvalue weighted by atomic mass is 32.2. The van der Waals surface area contributed by atoms with E-state index < -0.39 is 10.0 Å². The van der Waals surface area contributed by atoms with Crippen molar-refractivity contribution in [3.8, 4) is 5.75 Å². The molecule has 30 heavy (non-hydrogen) atoms. The maximum atomic E-state index is 13.0. The Morgan fingerprint density at radius 2 is 1.87 bits per heavy atom. The van der Waals surface area contributed by atoms with Crippen molar-refractivity contribution >= 4 is 27.7 Å². The molecular weight excluding hydrogens is 420 g/mol. The first-order valence-corrected chi connectivity index (χ1v) is 13.5. The fourth-order valence-corrected chi connectivity index (χ4v) is 6.53. The van der Waals surface area contributed by atoms with E-state index in [4.69, 9.17) is 4.74 Å².